The van der Waals surface area contributed by atoms with Crippen molar-refractivity contribution < 1.29 is 4.39 Å². The second kappa shape index (κ2) is 0.959. The van der Waals surface area contributed by atoms with Gasteiger partial charge in [-0.25, -0.2) is 4.39 Å². The van der Waals surface area contributed by atoms with Crippen LogP contribution in [-0.4, -0.2) is 0 Å². The van der Waals surface area contributed by atoms with Crippen LogP contribution in [-0.2, 0) is 0 Å². The van der Waals surface area contributed by atoms with Crippen molar-refractivity contribution in [1.82, 2.24) is 0 Å². The van der Waals surface area contributed by atoms with Gasteiger partial charge in [0.15, 0.2) is 0 Å². The third kappa shape index (κ3) is 0.416. The number of rotatable bonds is 0. The van der Waals surface area contributed by atoms with Gasteiger partial charge in [-0.2, -0.15) is 0 Å². The second-order valence-electron chi connectivity index (χ2n) is 1.37. The lowest BCUT2D eigenvalue weighted by Crippen LogP contribution is -1.99. The highest BCUT2D eigenvalue weighted by Gasteiger charge is 2.15. The molecule has 0 aromatic heterocycles. The van der Waals surface area contributed by atoms with Crippen LogP contribution in [0.25, 0.3) is 0 Å². The predicted molar refractivity (Wildman–Crippen MR) is 18.2 cm³/mol. The number of hydrogen-bond acceptors (Lipinski definition) is 0. The van der Waals surface area contributed by atoms with E-state index in [0.29, 0.717) is 0 Å². The van der Waals surface area contributed by atoms with Gasteiger partial charge in [0.2, 0.25) is 0 Å². The van der Waals surface area contributed by atoms with E-state index in [-0.39, 0.29) is 6.17 Å². The van der Waals surface area contributed by atoms with Gasteiger partial charge in [0.25, 0.3) is 0 Å². The van der Waals surface area contributed by atoms with E-state index in [2.05, 4.69) is 0 Å². The fraction of sp³-hybridized carbons (Fsp3) is 0.750. The molecule has 5 heavy (non-hydrogen) atoms. The molecule has 0 aliphatic heterocycles. The molecule has 1 heteroatoms. The van der Waals surface area contributed by atoms with E-state index in [9.17, 15) is 4.39 Å². The summed E-state index contributed by atoms with van der Waals surface area (Å²) in [5.74, 6) is 0. The lowest BCUT2D eigenvalue weighted by atomic mass is 9.98. The third-order valence-electron chi connectivity index (χ3n) is 0.896. The van der Waals surface area contributed by atoms with Crippen molar-refractivity contribution in [1.29, 1.82) is 0 Å². The largest absolute Gasteiger partial charge is 0.240 e. The Morgan fingerprint density at radius 1 is 1.40 bits per heavy atom. The van der Waals surface area contributed by atoms with Crippen LogP contribution in [0, 0.1) is 6.17 Å². The Labute approximate surface area is 31.0 Å². The van der Waals surface area contributed by atoms with Gasteiger partial charge in [-0.1, -0.05) is 0 Å². The SMILES string of the molecule is F[C]1CCC1. The van der Waals surface area contributed by atoms with Crippen molar-refractivity contribution in [3.63, 3.8) is 0 Å². The average Bonchev–Trinajstić information content (AvgIpc) is 1.30. The molecule has 1 aliphatic rings. The second-order valence-corrected chi connectivity index (χ2v) is 1.37. The summed E-state index contributed by atoms with van der Waals surface area (Å²) in [6.45, 7) is 0. The highest BCUT2D eigenvalue weighted by molar-refractivity contribution is 4.85. The van der Waals surface area contributed by atoms with Gasteiger partial charge in [0.05, 0.1) is 0 Å². The minimum Gasteiger partial charge on any atom is -0.240 e. The van der Waals surface area contributed by atoms with Crippen molar-refractivity contribution in [2.75, 3.05) is 0 Å². The molecule has 1 aliphatic carbocycles. The molecule has 0 nitrogen and oxygen atoms in total. The Morgan fingerprint density at radius 2 is 1.80 bits per heavy atom. The average molecular weight is 73.1 g/mol. The Hall–Kier alpha value is -0.0700. The summed E-state index contributed by atoms with van der Waals surface area (Å²) in [4.78, 5) is 0. The van der Waals surface area contributed by atoms with Crippen LogP contribution in [0.15, 0.2) is 0 Å². The first-order chi connectivity index (χ1) is 2.39. The van der Waals surface area contributed by atoms with Crippen LogP contribution in [0.5, 0.6) is 0 Å². The van der Waals surface area contributed by atoms with Crippen LogP contribution in [0.2, 0.25) is 0 Å². The lowest BCUT2D eigenvalue weighted by molar-refractivity contribution is 0.338. The molecule has 1 saturated carbocycles. The smallest absolute Gasteiger partial charge is 0.144 e. The maximum atomic E-state index is 11.4. The Balaban J connectivity index is 2.08. The summed E-state index contributed by atoms with van der Waals surface area (Å²) in [7, 11) is 0. The van der Waals surface area contributed by atoms with E-state index >= 15 is 0 Å². The highest BCUT2D eigenvalue weighted by Crippen LogP contribution is 2.28. The summed E-state index contributed by atoms with van der Waals surface area (Å²) < 4.78 is 11.4. The van der Waals surface area contributed by atoms with Crippen LogP contribution in [0.1, 0.15) is 19.3 Å². The monoisotopic (exact) mass is 73.0 g/mol. The minimum absolute atomic E-state index is 0.185. The maximum absolute atomic E-state index is 11.4. The van der Waals surface area contributed by atoms with E-state index in [0.717, 1.165) is 19.3 Å². The first-order valence-electron chi connectivity index (χ1n) is 1.90. The van der Waals surface area contributed by atoms with E-state index in [1.54, 1.807) is 0 Å². The summed E-state index contributed by atoms with van der Waals surface area (Å²) in [5, 5.41) is 0. The summed E-state index contributed by atoms with van der Waals surface area (Å²) in [5.41, 5.74) is 0. The quantitative estimate of drug-likeness (QED) is 0.409. The molecule has 0 aromatic rings. The molecule has 0 N–H and O–H groups in total. The normalized spacial score (nSPS) is 25.8. The molecule has 0 atom stereocenters. The van der Waals surface area contributed by atoms with Crippen LogP contribution in [0.3, 0.4) is 0 Å². The Bertz CT molecular complexity index is 30.6. The number of halogens is 1. The number of hydrogen-bond donors (Lipinski definition) is 0. The first kappa shape index (κ1) is 3.13. The van der Waals surface area contributed by atoms with Crippen molar-refractivity contribution in [3.05, 3.63) is 6.17 Å². The zero-order chi connectivity index (χ0) is 3.70. The lowest BCUT2D eigenvalue weighted by Gasteiger charge is -2.13. The minimum atomic E-state index is 0.185. The Morgan fingerprint density at radius 3 is 1.80 bits per heavy atom. The van der Waals surface area contributed by atoms with E-state index in [1.807, 2.05) is 0 Å². The molecule has 0 heterocycles. The Kier molecular flexibility index (Phi) is 0.601. The van der Waals surface area contributed by atoms with Gasteiger partial charge in [-0.05, 0) is 19.3 Å². The van der Waals surface area contributed by atoms with Gasteiger partial charge < -0.3 is 0 Å². The van der Waals surface area contributed by atoms with Crippen LogP contribution in [0.4, 0.5) is 4.39 Å². The molecule has 0 unspecified atom stereocenters. The fourth-order valence-electron chi connectivity index (χ4n) is 0.310. The van der Waals surface area contributed by atoms with E-state index < -0.39 is 0 Å². The van der Waals surface area contributed by atoms with Crippen molar-refractivity contribution in [3.8, 4) is 0 Å². The van der Waals surface area contributed by atoms with Crippen molar-refractivity contribution in [2.24, 2.45) is 0 Å². The zero-order valence-corrected chi connectivity index (χ0v) is 3.00. The summed E-state index contributed by atoms with van der Waals surface area (Å²) >= 11 is 0. The summed E-state index contributed by atoms with van der Waals surface area (Å²) in [6.07, 6.45) is 2.73. The van der Waals surface area contributed by atoms with Crippen molar-refractivity contribution >= 4 is 0 Å². The van der Waals surface area contributed by atoms with Crippen LogP contribution < -0.4 is 0 Å². The van der Waals surface area contributed by atoms with Gasteiger partial charge >= 0.3 is 0 Å². The molecule has 1 fully saturated rings. The molecule has 0 amide bonds. The van der Waals surface area contributed by atoms with Crippen LogP contribution >= 0.6 is 0 Å². The van der Waals surface area contributed by atoms with Gasteiger partial charge in [0, 0.05) is 0 Å². The molecule has 1 radical (unpaired) electrons. The molecule has 0 bridgehead atoms. The molecule has 0 spiro atoms. The molecule has 29 valence electrons. The van der Waals surface area contributed by atoms with E-state index in [1.165, 1.54) is 0 Å². The predicted octanol–water partition coefficient (Wildman–Crippen LogP) is 1.67. The maximum Gasteiger partial charge on any atom is 0.144 e. The molecule has 0 saturated heterocycles. The third-order valence-corrected chi connectivity index (χ3v) is 0.896. The molecule has 0 aromatic carbocycles. The van der Waals surface area contributed by atoms with Gasteiger partial charge in [-0.3, -0.25) is 0 Å². The molecular weight excluding hydrogens is 67.0 g/mol. The highest BCUT2D eigenvalue weighted by atomic mass is 19.1. The summed E-state index contributed by atoms with van der Waals surface area (Å²) in [6, 6.07) is 0. The first-order valence-corrected chi connectivity index (χ1v) is 1.90. The molecule has 1 rings (SSSR count). The van der Waals surface area contributed by atoms with Gasteiger partial charge in [-0.15, -0.1) is 0 Å². The van der Waals surface area contributed by atoms with Gasteiger partial charge in [0.1, 0.15) is 6.17 Å². The zero-order valence-electron chi connectivity index (χ0n) is 3.00. The topological polar surface area (TPSA) is 0 Å². The van der Waals surface area contributed by atoms with Crippen molar-refractivity contribution in [2.45, 2.75) is 19.3 Å². The standard InChI is InChI=1S/C4H6F/c5-4-2-1-3-4/h1-3H2. The van der Waals surface area contributed by atoms with E-state index in [4.69, 9.17) is 0 Å². The fourth-order valence-corrected chi connectivity index (χ4v) is 0.310. The molecular formula is C4H6F.